The predicted octanol–water partition coefficient (Wildman–Crippen LogP) is 3.73. The molecule has 1 saturated heterocycles. The van der Waals surface area contributed by atoms with Gasteiger partial charge < -0.3 is 14.2 Å². The molecule has 0 bridgehead atoms. The van der Waals surface area contributed by atoms with Crippen molar-refractivity contribution in [1.29, 1.82) is 0 Å². The van der Waals surface area contributed by atoms with Crippen LogP contribution in [0.5, 0.6) is 17.2 Å². The summed E-state index contributed by atoms with van der Waals surface area (Å²) in [6.07, 6.45) is 0.512. The standard InChI is InChI=1S/C27H32N2O6S/c1-29-27(22-13-14-24(25(17-22)33-3)34-18-20-9-5-4-6-10-20)26(19-35-29)36(30,31)28-16-15-21-11-7-8-12-23(21)32-2/h4-14,17,26-28H,15-16,18-19H2,1-3H3. The van der Waals surface area contributed by atoms with Gasteiger partial charge in [0.05, 0.1) is 26.9 Å². The van der Waals surface area contributed by atoms with Crippen molar-refractivity contribution in [3.05, 3.63) is 89.5 Å². The van der Waals surface area contributed by atoms with E-state index in [1.807, 2.05) is 72.8 Å². The van der Waals surface area contributed by atoms with Crippen LogP contribution in [0.1, 0.15) is 22.7 Å². The molecule has 3 aromatic carbocycles. The highest BCUT2D eigenvalue weighted by atomic mass is 32.2. The number of nitrogens with one attached hydrogen (secondary N) is 1. The van der Waals surface area contributed by atoms with E-state index in [-0.39, 0.29) is 13.2 Å². The normalized spacial score (nSPS) is 18.2. The summed E-state index contributed by atoms with van der Waals surface area (Å²) in [7, 11) is 1.22. The lowest BCUT2D eigenvalue weighted by Gasteiger charge is -2.24. The summed E-state index contributed by atoms with van der Waals surface area (Å²) in [6.45, 7) is 0.709. The molecule has 0 aromatic heterocycles. The fraction of sp³-hybridized carbons (Fsp3) is 0.333. The number of methoxy groups -OCH3 is 2. The fourth-order valence-electron chi connectivity index (χ4n) is 4.35. The topological polar surface area (TPSA) is 86.3 Å². The molecular formula is C27H32N2O6S. The molecule has 1 N–H and O–H groups in total. The molecule has 0 amide bonds. The Kier molecular flexibility index (Phi) is 8.48. The summed E-state index contributed by atoms with van der Waals surface area (Å²) < 4.78 is 46.2. The summed E-state index contributed by atoms with van der Waals surface area (Å²) in [5, 5.41) is 0.796. The van der Waals surface area contributed by atoms with E-state index < -0.39 is 21.3 Å². The molecule has 1 aliphatic rings. The lowest BCUT2D eigenvalue weighted by atomic mass is 10.0. The van der Waals surface area contributed by atoms with Gasteiger partial charge in [0.2, 0.25) is 10.0 Å². The van der Waals surface area contributed by atoms with E-state index in [9.17, 15) is 8.42 Å². The van der Waals surface area contributed by atoms with Gasteiger partial charge >= 0.3 is 0 Å². The lowest BCUT2D eigenvalue weighted by Crippen LogP contribution is -2.40. The van der Waals surface area contributed by atoms with E-state index >= 15 is 0 Å². The number of rotatable bonds is 11. The van der Waals surface area contributed by atoms with Crippen molar-refractivity contribution in [2.45, 2.75) is 24.3 Å². The maximum Gasteiger partial charge on any atom is 0.218 e. The van der Waals surface area contributed by atoms with Crippen LogP contribution in [0.4, 0.5) is 0 Å². The number of benzene rings is 3. The van der Waals surface area contributed by atoms with Crippen molar-refractivity contribution in [2.75, 3.05) is 34.4 Å². The van der Waals surface area contributed by atoms with Crippen LogP contribution in [0, 0.1) is 0 Å². The summed E-state index contributed by atoms with van der Waals surface area (Å²) in [4.78, 5) is 5.65. The first-order chi connectivity index (χ1) is 17.4. The average molecular weight is 513 g/mol. The van der Waals surface area contributed by atoms with Gasteiger partial charge in [-0.05, 0) is 41.3 Å². The highest BCUT2D eigenvalue weighted by Gasteiger charge is 2.43. The monoisotopic (exact) mass is 512 g/mol. The zero-order chi connectivity index (χ0) is 25.5. The van der Waals surface area contributed by atoms with Crippen LogP contribution in [0.3, 0.4) is 0 Å². The largest absolute Gasteiger partial charge is 0.496 e. The van der Waals surface area contributed by atoms with Crippen LogP contribution in [-0.4, -0.2) is 53.1 Å². The third-order valence-electron chi connectivity index (χ3n) is 6.24. The molecule has 36 heavy (non-hydrogen) atoms. The first kappa shape index (κ1) is 26.0. The Morgan fingerprint density at radius 2 is 1.67 bits per heavy atom. The van der Waals surface area contributed by atoms with Crippen LogP contribution in [0.15, 0.2) is 72.8 Å². The molecular weight excluding hydrogens is 480 g/mol. The van der Waals surface area contributed by atoms with Crippen LogP contribution in [0.2, 0.25) is 0 Å². The predicted molar refractivity (Wildman–Crippen MR) is 138 cm³/mol. The number of para-hydroxylation sites is 1. The van der Waals surface area contributed by atoms with Gasteiger partial charge in [-0.25, -0.2) is 13.1 Å². The molecule has 1 fully saturated rings. The van der Waals surface area contributed by atoms with E-state index in [4.69, 9.17) is 19.0 Å². The molecule has 8 nitrogen and oxygen atoms in total. The summed E-state index contributed by atoms with van der Waals surface area (Å²) in [6, 6.07) is 22.4. The molecule has 2 unspecified atom stereocenters. The summed E-state index contributed by atoms with van der Waals surface area (Å²) >= 11 is 0. The molecule has 9 heteroatoms. The van der Waals surface area contributed by atoms with Crippen molar-refractivity contribution in [3.8, 4) is 17.2 Å². The highest BCUT2D eigenvalue weighted by molar-refractivity contribution is 7.90. The lowest BCUT2D eigenvalue weighted by molar-refractivity contribution is -0.110. The molecule has 1 heterocycles. The Bertz CT molecular complexity index is 1250. The number of ether oxygens (including phenoxy) is 3. The molecule has 4 rings (SSSR count). The molecule has 2 atom stereocenters. The third kappa shape index (κ3) is 5.99. The minimum Gasteiger partial charge on any atom is -0.496 e. The van der Waals surface area contributed by atoms with Crippen molar-refractivity contribution < 1.29 is 27.5 Å². The Morgan fingerprint density at radius 1 is 0.944 bits per heavy atom. The van der Waals surface area contributed by atoms with Crippen LogP contribution < -0.4 is 18.9 Å². The van der Waals surface area contributed by atoms with Crippen molar-refractivity contribution in [2.24, 2.45) is 0 Å². The van der Waals surface area contributed by atoms with E-state index in [1.54, 1.807) is 26.3 Å². The van der Waals surface area contributed by atoms with Crippen molar-refractivity contribution >= 4 is 10.0 Å². The second-order valence-electron chi connectivity index (χ2n) is 8.51. The van der Waals surface area contributed by atoms with E-state index in [1.165, 1.54) is 0 Å². The number of hydroxylamine groups is 2. The second-order valence-corrected chi connectivity index (χ2v) is 10.5. The van der Waals surface area contributed by atoms with Gasteiger partial charge in [0.1, 0.15) is 17.6 Å². The summed E-state index contributed by atoms with van der Waals surface area (Å²) in [5.74, 6) is 1.85. The number of hydrogen-bond donors (Lipinski definition) is 1. The Balaban J connectivity index is 1.47. The van der Waals surface area contributed by atoms with Crippen molar-refractivity contribution in [3.63, 3.8) is 0 Å². The molecule has 1 aliphatic heterocycles. The minimum atomic E-state index is -3.69. The highest BCUT2D eigenvalue weighted by Crippen LogP contribution is 2.38. The van der Waals surface area contributed by atoms with Crippen molar-refractivity contribution in [1.82, 2.24) is 9.79 Å². The van der Waals surface area contributed by atoms with E-state index in [0.29, 0.717) is 24.5 Å². The smallest absolute Gasteiger partial charge is 0.218 e. The van der Waals surface area contributed by atoms with Gasteiger partial charge in [0.15, 0.2) is 11.5 Å². The van der Waals surface area contributed by atoms with Gasteiger partial charge in [0, 0.05) is 13.6 Å². The van der Waals surface area contributed by atoms with E-state index in [0.717, 1.165) is 22.4 Å². The number of nitrogens with zero attached hydrogens (tertiary/aromatic N) is 1. The quantitative estimate of drug-likeness (QED) is 0.419. The maximum absolute atomic E-state index is 13.3. The number of hydrogen-bond acceptors (Lipinski definition) is 7. The first-order valence-electron chi connectivity index (χ1n) is 11.7. The number of sulfonamides is 1. The minimum absolute atomic E-state index is 0.0553. The van der Waals surface area contributed by atoms with Gasteiger partial charge in [-0.3, -0.25) is 4.84 Å². The second kappa shape index (κ2) is 11.7. The van der Waals surface area contributed by atoms with Gasteiger partial charge in [-0.2, -0.15) is 5.06 Å². The molecule has 0 radical (unpaired) electrons. The van der Waals surface area contributed by atoms with E-state index in [2.05, 4.69) is 4.72 Å². The maximum atomic E-state index is 13.3. The van der Waals surface area contributed by atoms with Crippen LogP contribution in [-0.2, 0) is 27.9 Å². The first-order valence-corrected chi connectivity index (χ1v) is 13.3. The molecule has 3 aromatic rings. The molecule has 0 spiro atoms. The third-order valence-corrected chi connectivity index (χ3v) is 8.04. The zero-order valence-electron chi connectivity index (χ0n) is 20.7. The zero-order valence-corrected chi connectivity index (χ0v) is 21.5. The van der Waals surface area contributed by atoms with Crippen LogP contribution in [0.25, 0.3) is 0 Å². The molecule has 0 aliphatic carbocycles. The Morgan fingerprint density at radius 3 is 2.42 bits per heavy atom. The molecule has 0 saturated carbocycles. The van der Waals surface area contributed by atoms with Gasteiger partial charge in [-0.1, -0.05) is 54.6 Å². The molecule has 192 valence electrons. The Labute approximate surface area is 212 Å². The van der Waals surface area contributed by atoms with Gasteiger partial charge in [0.25, 0.3) is 0 Å². The fourth-order valence-corrected chi connectivity index (χ4v) is 5.86. The van der Waals surface area contributed by atoms with Crippen LogP contribution >= 0.6 is 0 Å². The van der Waals surface area contributed by atoms with Gasteiger partial charge in [-0.15, -0.1) is 0 Å². The average Bonchev–Trinajstić information content (AvgIpc) is 3.30. The summed E-state index contributed by atoms with van der Waals surface area (Å²) in [5.41, 5.74) is 2.74. The Hall–Kier alpha value is -3.11. The SMILES string of the molecule is COc1ccccc1CCNS(=O)(=O)C1CON(C)C1c1ccc(OCc2ccccc2)c(OC)c1.